The summed E-state index contributed by atoms with van der Waals surface area (Å²) in [7, 11) is 0. The summed E-state index contributed by atoms with van der Waals surface area (Å²) in [6.45, 7) is 6.38. The first-order chi connectivity index (χ1) is 11.2. The number of hydrogen-bond donors (Lipinski definition) is 0. The summed E-state index contributed by atoms with van der Waals surface area (Å²) in [5.74, 6) is 0.366. The molecule has 2 heteroatoms. The average Bonchev–Trinajstić information content (AvgIpc) is 3.39. The van der Waals surface area contributed by atoms with Crippen molar-refractivity contribution in [1.82, 2.24) is 0 Å². The third-order valence-electron chi connectivity index (χ3n) is 4.26. The smallest absolute Gasteiger partial charge is 0.123 e. The molecule has 1 aromatic carbocycles. The molecule has 0 aliphatic heterocycles. The van der Waals surface area contributed by atoms with E-state index in [9.17, 15) is 4.39 Å². The van der Waals surface area contributed by atoms with Crippen LogP contribution in [0.3, 0.4) is 0 Å². The van der Waals surface area contributed by atoms with E-state index < -0.39 is 0 Å². The highest BCUT2D eigenvalue weighted by Gasteiger charge is 2.27. The summed E-state index contributed by atoms with van der Waals surface area (Å²) in [4.78, 5) is 4.75. The van der Waals surface area contributed by atoms with E-state index in [1.165, 1.54) is 18.4 Å². The van der Waals surface area contributed by atoms with Crippen molar-refractivity contribution >= 4 is 11.9 Å². The predicted molar refractivity (Wildman–Crippen MR) is 98.4 cm³/mol. The molecule has 0 radical (unpaired) electrons. The van der Waals surface area contributed by atoms with Gasteiger partial charge in [-0.1, -0.05) is 32.4 Å². The highest BCUT2D eigenvalue weighted by molar-refractivity contribution is 5.85. The highest BCUT2D eigenvalue weighted by Crippen LogP contribution is 2.43. The molecule has 0 saturated heterocycles. The quantitative estimate of drug-likeness (QED) is 0.476. The third kappa shape index (κ3) is 5.16. The number of hydrogen-bond acceptors (Lipinski definition) is 1. The van der Waals surface area contributed by atoms with E-state index >= 15 is 0 Å². The van der Waals surface area contributed by atoms with Crippen LogP contribution in [0.1, 0.15) is 76.3 Å². The second-order valence-electron chi connectivity index (χ2n) is 6.23. The Bertz CT molecular complexity index is 606. The number of unbranched alkanes of at least 4 members (excludes halogenated alkanes) is 1. The zero-order valence-corrected chi connectivity index (χ0v) is 14.6. The molecule has 0 unspecified atom stereocenters. The number of halogens is 1. The van der Waals surface area contributed by atoms with E-state index in [2.05, 4.69) is 32.9 Å². The summed E-state index contributed by atoms with van der Waals surface area (Å²) in [6, 6.07) is 5.14. The van der Waals surface area contributed by atoms with Crippen molar-refractivity contribution in [1.29, 1.82) is 0 Å². The molecule has 0 aromatic heterocycles. The molecule has 0 amide bonds. The van der Waals surface area contributed by atoms with Crippen LogP contribution in [-0.2, 0) is 0 Å². The van der Waals surface area contributed by atoms with Gasteiger partial charge < -0.3 is 0 Å². The van der Waals surface area contributed by atoms with Gasteiger partial charge in [0.2, 0.25) is 0 Å². The van der Waals surface area contributed by atoms with Gasteiger partial charge in [0.1, 0.15) is 5.82 Å². The van der Waals surface area contributed by atoms with E-state index in [0.29, 0.717) is 5.92 Å². The standard InChI is InChI=1S/C21H28FN/c1-4-7-9-16(6-3)15-23-21(8-5-2)19-13-12-18(22)14-20(19)17-10-11-17/h6,8,12-15,17H,4-5,7,9-11H2,1-3H3/b16-6-,21-8?,23-15-. The molecule has 2 rings (SSSR count). The fraction of sp³-hybridized carbons (Fsp3) is 0.476. The molecular formula is C21H28FN. The van der Waals surface area contributed by atoms with Crippen molar-refractivity contribution < 1.29 is 4.39 Å². The third-order valence-corrected chi connectivity index (χ3v) is 4.26. The zero-order valence-electron chi connectivity index (χ0n) is 14.6. The van der Waals surface area contributed by atoms with Crippen LogP contribution in [0.15, 0.2) is 40.9 Å². The molecule has 0 N–H and O–H groups in total. The Morgan fingerprint density at radius 3 is 2.70 bits per heavy atom. The van der Waals surface area contributed by atoms with Crippen molar-refractivity contribution in [2.24, 2.45) is 4.99 Å². The van der Waals surface area contributed by atoms with Gasteiger partial charge in [-0.3, -0.25) is 4.99 Å². The Hall–Kier alpha value is -1.70. The molecule has 1 fully saturated rings. The largest absolute Gasteiger partial charge is 0.256 e. The van der Waals surface area contributed by atoms with Crippen molar-refractivity contribution in [2.75, 3.05) is 0 Å². The number of rotatable bonds is 8. The summed E-state index contributed by atoms with van der Waals surface area (Å²) in [5.41, 5.74) is 4.46. The fourth-order valence-electron chi connectivity index (χ4n) is 2.74. The number of aliphatic imine (C=N–C) groups is 1. The Balaban J connectivity index is 2.27. The lowest BCUT2D eigenvalue weighted by Gasteiger charge is -2.10. The van der Waals surface area contributed by atoms with E-state index in [1.807, 2.05) is 12.3 Å². The first kappa shape index (κ1) is 17.7. The molecule has 1 aromatic rings. The van der Waals surface area contributed by atoms with Crippen LogP contribution >= 0.6 is 0 Å². The van der Waals surface area contributed by atoms with Crippen molar-refractivity contribution in [3.63, 3.8) is 0 Å². The van der Waals surface area contributed by atoms with E-state index in [-0.39, 0.29) is 5.82 Å². The second-order valence-corrected chi connectivity index (χ2v) is 6.23. The zero-order chi connectivity index (χ0) is 16.7. The average molecular weight is 313 g/mol. The van der Waals surface area contributed by atoms with Crippen LogP contribution in [0, 0.1) is 5.82 Å². The van der Waals surface area contributed by atoms with Gasteiger partial charge in [0.25, 0.3) is 0 Å². The molecule has 1 nitrogen and oxygen atoms in total. The summed E-state index contributed by atoms with van der Waals surface area (Å²) >= 11 is 0. The molecule has 1 aliphatic carbocycles. The lowest BCUT2D eigenvalue weighted by molar-refractivity contribution is 0.625. The second kappa shape index (κ2) is 8.81. The number of allylic oxidation sites excluding steroid dienone is 3. The molecule has 1 saturated carbocycles. The Kier molecular flexibility index (Phi) is 6.76. The lowest BCUT2D eigenvalue weighted by Crippen LogP contribution is -1.94. The van der Waals surface area contributed by atoms with Crippen molar-refractivity contribution in [2.45, 2.75) is 65.2 Å². The van der Waals surface area contributed by atoms with Crippen molar-refractivity contribution in [3.8, 4) is 0 Å². The molecule has 23 heavy (non-hydrogen) atoms. The maximum absolute atomic E-state index is 13.6. The van der Waals surface area contributed by atoms with Gasteiger partial charge in [-0.05, 0) is 74.3 Å². The van der Waals surface area contributed by atoms with Crippen LogP contribution in [-0.4, -0.2) is 6.21 Å². The predicted octanol–water partition coefficient (Wildman–Crippen LogP) is 6.66. The Labute approximate surface area is 140 Å². The minimum atomic E-state index is -0.146. The first-order valence-electron chi connectivity index (χ1n) is 8.88. The minimum Gasteiger partial charge on any atom is -0.256 e. The monoisotopic (exact) mass is 313 g/mol. The summed E-state index contributed by atoms with van der Waals surface area (Å²) in [6.07, 6.45) is 12.9. The van der Waals surface area contributed by atoms with E-state index in [0.717, 1.165) is 42.5 Å². The number of nitrogens with zero attached hydrogens (tertiary/aromatic N) is 1. The topological polar surface area (TPSA) is 12.4 Å². The first-order valence-corrected chi connectivity index (χ1v) is 8.88. The van der Waals surface area contributed by atoms with Gasteiger partial charge in [0.05, 0.1) is 5.70 Å². The van der Waals surface area contributed by atoms with Crippen LogP contribution < -0.4 is 0 Å². The van der Waals surface area contributed by atoms with Crippen molar-refractivity contribution in [3.05, 3.63) is 52.9 Å². The molecule has 0 bridgehead atoms. The SMILES string of the molecule is C/C=C(\C=N/C(=CCC)c1ccc(F)cc1C1CC1)CCCC. The van der Waals surface area contributed by atoms with Crippen LogP contribution in [0.5, 0.6) is 0 Å². The van der Waals surface area contributed by atoms with Gasteiger partial charge in [-0.2, -0.15) is 0 Å². The maximum atomic E-state index is 13.6. The Morgan fingerprint density at radius 2 is 2.09 bits per heavy atom. The van der Waals surface area contributed by atoms with Gasteiger partial charge in [0, 0.05) is 11.8 Å². The van der Waals surface area contributed by atoms with E-state index in [1.54, 1.807) is 12.1 Å². The van der Waals surface area contributed by atoms with Gasteiger partial charge in [-0.25, -0.2) is 4.39 Å². The van der Waals surface area contributed by atoms with Crippen LogP contribution in [0.25, 0.3) is 5.70 Å². The van der Waals surface area contributed by atoms with Gasteiger partial charge in [0.15, 0.2) is 0 Å². The fourth-order valence-corrected chi connectivity index (χ4v) is 2.74. The molecule has 0 atom stereocenters. The molecular weight excluding hydrogens is 285 g/mol. The normalized spacial score (nSPS) is 16.3. The highest BCUT2D eigenvalue weighted by atomic mass is 19.1. The molecule has 0 spiro atoms. The lowest BCUT2D eigenvalue weighted by atomic mass is 9.99. The summed E-state index contributed by atoms with van der Waals surface area (Å²) in [5, 5.41) is 0. The maximum Gasteiger partial charge on any atom is 0.123 e. The van der Waals surface area contributed by atoms with Crippen LogP contribution in [0.4, 0.5) is 4.39 Å². The molecule has 0 heterocycles. The molecule has 124 valence electrons. The summed E-state index contributed by atoms with van der Waals surface area (Å²) < 4.78 is 13.6. The van der Waals surface area contributed by atoms with Gasteiger partial charge >= 0.3 is 0 Å². The van der Waals surface area contributed by atoms with Gasteiger partial charge in [-0.15, -0.1) is 0 Å². The minimum absolute atomic E-state index is 0.146. The number of benzene rings is 1. The van der Waals surface area contributed by atoms with Crippen LogP contribution in [0.2, 0.25) is 0 Å². The Morgan fingerprint density at radius 1 is 1.30 bits per heavy atom. The molecule has 1 aliphatic rings. The van der Waals surface area contributed by atoms with E-state index in [4.69, 9.17) is 4.99 Å².